The predicted molar refractivity (Wildman–Crippen MR) is 86.1 cm³/mol. The number of amides is 1. The van der Waals surface area contributed by atoms with Crippen molar-refractivity contribution in [3.05, 3.63) is 64.4 Å². The molecule has 0 bridgehead atoms. The minimum Gasteiger partial charge on any atom is -0.389 e. The Labute approximate surface area is 131 Å². The molecule has 108 valence electrons. The molecule has 6 heteroatoms. The van der Waals surface area contributed by atoms with E-state index >= 15 is 0 Å². The highest BCUT2D eigenvalue weighted by molar-refractivity contribution is 7.80. The van der Waals surface area contributed by atoms with E-state index in [1.807, 2.05) is 0 Å². The summed E-state index contributed by atoms with van der Waals surface area (Å²) in [7, 11) is 0. The second kappa shape index (κ2) is 6.65. The number of hydrogen-bond donors (Lipinski definition) is 2. The van der Waals surface area contributed by atoms with Crippen molar-refractivity contribution < 1.29 is 9.18 Å². The maximum Gasteiger partial charge on any atom is 0.228 e. The second-order valence-corrected chi connectivity index (χ2v) is 5.18. The van der Waals surface area contributed by atoms with E-state index < -0.39 is 11.7 Å². The summed E-state index contributed by atoms with van der Waals surface area (Å²) in [6, 6.07) is 11.2. The number of benzene rings is 2. The maximum absolute atomic E-state index is 13.7. The van der Waals surface area contributed by atoms with Crippen molar-refractivity contribution in [1.29, 1.82) is 0 Å². The van der Waals surface area contributed by atoms with Crippen LogP contribution in [0, 0.1) is 5.82 Å². The minimum absolute atomic E-state index is 0.157. The Bertz CT molecular complexity index is 686. The molecule has 0 saturated carbocycles. The fraction of sp³-hybridized carbons (Fsp3) is 0.0667. The van der Waals surface area contributed by atoms with Gasteiger partial charge in [-0.05, 0) is 24.3 Å². The van der Waals surface area contributed by atoms with Gasteiger partial charge in [-0.2, -0.15) is 0 Å². The number of halogens is 2. The van der Waals surface area contributed by atoms with Gasteiger partial charge in [0.05, 0.1) is 12.1 Å². The lowest BCUT2D eigenvalue weighted by Crippen LogP contribution is -2.19. The fourth-order valence-corrected chi connectivity index (χ4v) is 2.27. The van der Waals surface area contributed by atoms with E-state index in [0.29, 0.717) is 11.3 Å². The molecule has 2 aromatic carbocycles. The van der Waals surface area contributed by atoms with Crippen molar-refractivity contribution in [3.8, 4) is 0 Å². The number of rotatable bonds is 4. The van der Waals surface area contributed by atoms with Crippen LogP contribution in [0.4, 0.5) is 10.1 Å². The monoisotopic (exact) mass is 322 g/mol. The number of thiocarbonyl (C=S) groups is 1. The van der Waals surface area contributed by atoms with E-state index in [1.54, 1.807) is 24.3 Å². The van der Waals surface area contributed by atoms with Crippen LogP contribution in [0.2, 0.25) is 5.02 Å². The van der Waals surface area contributed by atoms with E-state index in [-0.39, 0.29) is 22.0 Å². The van der Waals surface area contributed by atoms with Gasteiger partial charge in [0, 0.05) is 16.1 Å². The third-order valence-electron chi connectivity index (χ3n) is 2.87. The summed E-state index contributed by atoms with van der Waals surface area (Å²) in [6.45, 7) is 0. The molecule has 21 heavy (non-hydrogen) atoms. The van der Waals surface area contributed by atoms with E-state index in [0.717, 1.165) is 0 Å². The molecular weight excluding hydrogens is 311 g/mol. The molecule has 0 aromatic heterocycles. The highest BCUT2D eigenvalue weighted by Crippen LogP contribution is 2.21. The molecule has 3 N–H and O–H groups in total. The van der Waals surface area contributed by atoms with Gasteiger partial charge in [0.2, 0.25) is 5.91 Å². The first-order valence-electron chi connectivity index (χ1n) is 6.10. The van der Waals surface area contributed by atoms with Gasteiger partial charge in [0.15, 0.2) is 0 Å². The first-order chi connectivity index (χ1) is 9.99. The Morgan fingerprint density at radius 3 is 2.62 bits per heavy atom. The molecule has 0 aliphatic rings. The van der Waals surface area contributed by atoms with Crippen molar-refractivity contribution >= 4 is 40.4 Å². The van der Waals surface area contributed by atoms with Crippen LogP contribution in [-0.2, 0) is 11.2 Å². The van der Waals surface area contributed by atoms with Crippen LogP contribution in [0.3, 0.4) is 0 Å². The average Bonchev–Trinajstić information content (AvgIpc) is 2.43. The molecule has 2 rings (SSSR count). The van der Waals surface area contributed by atoms with Gasteiger partial charge in [0.1, 0.15) is 10.8 Å². The highest BCUT2D eigenvalue weighted by atomic mass is 35.5. The Kier molecular flexibility index (Phi) is 4.88. The SMILES string of the molecule is NC(=S)c1ccccc1NC(=O)Cc1c(F)cccc1Cl. The Morgan fingerprint density at radius 2 is 1.95 bits per heavy atom. The summed E-state index contributed by atoms with van der Waals surface area (Å²) in [6.07, 6.45) is -0.169. The molecular formula is C15H12ClFN2OS. The number of nitrogens with two attached hydrogens (primary N) is 1. The topological polar surface area (TPSA) is 55.1 Å². The first-order valence-corrected chi connectivity index (χ1v) is 6.89. The number of nitrogens with one attached hydrogen (secondary N) is 1. The third-order valence-corrected chi connectivity index (χ3v) is 3.44. The van der Waals surface area contributed by atoms with E-state index in [9.17, 15) is 9.18 Å². The Hall–Kier alpha value is -1.98. The number of carbonyl (C=O) groups excluding carboxylic acids is 1. The smallest absolute Gasteiger partial charge is 0.228 e. The van der Waals surface area contributed by atoms with E-state index in [4.69, 9.17) is 29.6 Å². The van der Waals surface area contributed by atoms with Crippen molar-refractivity contribution in [1.82, 2.24) is 0 Å². The Morgan fingerprint density at radius 1 is 1.24 bits per heavy atom. The molecule has 0 saturated heterocycles. The van der Waals surface area contributed by atoms with Crippen LogP contribution in [-0.4, -0.2) is 10.9 Å². The summed E-state index contributed by atoms with van der Waals surface area (Å²) in [5.74, 6) is -0.911. The zero-order chi connectivity index (χ0) is 15.4. The number of anilines is 1. The van der Waals surface area contributed by atoms with Crippen LogP contribution >= 0.6 is 23.8 Å². The zero-order valence-corrected chi connectivity index (χ0v) is 12.5. The normalized spacial score (nSPS) is 10.2. The molecule has 1 amide bonds. The van der Waals surface area contributed by atoms with Crippen molar-refractivity contribution in [2.24, 2.45) is 5.73 Å². The quantitative estimate of drug-likeness (QED) is 0.849. The van der Waals surface area contributed by atoms with Crippen molar-refractivity contribution in [3.63, 3.8) is 0 Å². The highest BCUT2D eigenvalue weighted by Gasteiger charge is 2.13. The number of para-hydroxylation sites is 1. The lowest BCUT2D eigenvalue weighted by Gasteiger charge is -2.11. The molecule has 2 aromatic rings. The average molecular weight is 323 g/mol. The summed E-state index contributed by atoms with van der Waals surface area (Å²) in [5.41, 5.74) is 6.79. The number of carbonyl (C=O) groups is 1. The lowest BCUT2D eigenvalue weighted by molar-refractivity contribution is -0.115. The van der Waals surface area contributed by atoms with Crippen LogP contribution in [0.25, 0.3) is 0 Å². The van der Waals surface area contributed by atoms with Crippen molar-refractivity contribution in [2.45, 2.75) is 6.42 Å². The van der Waals surface area contributed by atoms with Gasteiger partial charge in [-0.25, -0.2) is 4.39 Å². The molecule has 0 atom stereocenters. The minimum atomic E-state index is -0.514. The van der Waals surface area contributed by atoms with Gasteiger partial charge in [-0.15, -0.1) is 0 Å². The van der Waals surface area contributed by atoms with E-state index in [1.165, 1.54) is 18.2 Å². The standard InChI is InChI=1S/C15H12ClFN2OS/c16-11-5-3-6-12(17)10(11)8-14(20)19-13-7-2-1-4-9(13)15(18)21/h1-7H,8H2,(H2,18,21)(H,19,20). The summed E-state index contributed by atoms with van der Waals surface area (Å²) >= 11 is 10.8. The first kappa shape index (κ1) is 15.4. The zero-order valence-electron chi connectivity index (χ0n) is 10.9. The fourth-order valence-electron chi connectivity index (χ4n) is 1.86. The predicted octanol–water partition coefficient (Wildman–Crippen LogP) is 3.29. The van der Waals surface area contributed by atoms with Gasteiger partial charge >= 0.3 is 0 Å². The van der Waals surface area contributed by atoms with Gasteiger partial charge in [0.25, 0.3) is 0 Å². The molecule has 0 fully saturated rings. The molecule has 0 aliphatic carbocycles. The van der Waals surface area contributed by atoms with E-state index in [2.05, 4.69) is 5.32 Å². The van der Waals surface area contributed by atoms with Crippen LogP contribution in [0.1, 0.15) is 11.1 Å². The second-order valence-electron chi connectivity index (χ2n) is 4.33. The Balaban J connectivity index is 2.18. The summed E-state index contributed by atoms with van der Waals surface area (Å²) < 4.78 is 13.7. The molecule has 0 aliphatic heterocycles. The largest absolute Gasteiger partial charge is 0.389 e. The molecule has 0 spiro atoms. The molecule has 0 unspecified atom stereocenters. The summed E-state index contributed by atoms with van der Waals surface area (Å²) in [4.78, 5) is 12.2. The maximum atomic E-state index is 13.7. The number of hydrogen-bond acceptors (Lipinski definition) is 2. The van der Waals surface area contributed by atoms with Crippen LogP contribution < -0.4 is 11.1 Å². The van der Waals surface area contributed by atoms with Gasteiger partial charge in [-0.1, -0.05) is 42.0 Å². The lowest BCUT2D eigenvalue weighted by atomic mass is 10.1. The van der Waals surface area contributed by atoms with Gasteiger partial charge in [-0.3, -0.25) is 4.79 Å². The third kappa shape index (κ3) is 3.77. The van der Waals surface area contributed by atoms with Crippen molar-refractivity contribution in [2.75, 3.05) is 5.32 Å². The molecule has 0 heterocycles. The summed E-state index contributed by atoms with van der Waals surface area (Å²) in [5, 5.41) is 2.88. The molecule has 0 radical (unpaired) electrons. The van der Waals surface area contributed by atoms with Crippen LogP contribution in [0.5, 0.6) is 0 Å². The van der Waals surface area contributed by atoms with Gasteiger partial charge < -0.3 is 11.1 Å². The van der Waals surface area contributed by atoms with Crippen LogP contribution in [0.15, 0.2) is 42.5 Å². The molecule has 3 nitrogen and oxygen atoms in total.